The summed E-state index contributed by atoms with van der Waals surface area (Å²) in [5.74, 6) is 1.31. The van der Waals surface area contributed by atoms with Gasteiger partial charge in [-0.15, -0.1) is 0 Å². The van der Waals surface area contributed by atoms with E-state index in [2.05, 4.69) is 29.3 Å². The molecule has 1 aromatic rings. The smallest absolute Gasteiger partial charge is 0.321 e. The van der Waals surface area contributed by atoms with E-state index in [-0.39, 0.29) is 0 Å². The number of anilines is 1. The molecule has 1 saturated carbocycles. The molecule has 0 radical (unpaired) electrons. The fourth-order valence-electron chi connectivity index (χ4n) is 2.39. The Morgan fingerprint density at radius 1 is 1.39 bits per heavy atom. The maximum absolute atomic E-state index is 5.19. The quantitative estimate of drug-likeness (QED) is 0.818. The highest BCUT2D eigenvalue weighted by Gasteiger charge is 2.30. The Morgan fingerprint density at radius 3 is 2.78 bits per heavy atom. The Balaban J connectivity index is 1.86. The Morgan fingerprint density at radius 2 is 2.11 bits per heavy atom. The number of hydrogen-bond acceptors (Lipinski definition) is 5. The van der Waals surface area contributed by atoms with Gasteiger partial charge < -0.3 is 14.6 Å². The molecule has 1 heterocycles. The zero-order chi connectivity index (χ0) is 13.0. The van der Waals surface area contributed by atoms with Gasteiger partial charge in [0.25, 0.3) is 0 Å². The predicted octanol–water partition coefficient (Wildman–Crippen LogP) is 2.81. The van der Waals surface area contributed by atoms with Gasteiger partial charge in [-0.05, 0) is 31.1 Å². The molecule has 18 heavy (non-hydrogen) atoms. The number of rotatable bonds is 5. The van der Waals surface area contributed by atoms with Gasteiger partial charge in [0.1, 0.15) is 0 Å². The maximum atomic E-state index is 5.19. The van der Waals surface area contributed by atoms with Gasteiger partial charge in [-0.3, -0.25) is 0 Å². The molecule has 1 N–H and O–H groups in total. The van der Waals surface area contributed by atoms with Crippen molar-refractivity contribution >= 4 is 6.01 Å². The minimum absolute atomic E-state index is 0.458. The molecule has 0 saturated heterocycles. The fraction of sp³-hybridized carbons (Fsp3) is 0.846. The maximum Gasteiger partial charge on any atom is 0.321 e. The van der Waals surface area contributed by atoms with Crippen molar-refractivity contribution in [3.05, 3.63) is 5.82 Å². The summed E-state index contributed by atoms with van der Waals surface area (Å²) >= 11 is 0. The highest BCUT2D eigenvalue weighted by atomic mass is 16.5. The summed E-state index contributed by atoms with van der Waals surface area (Å²) in [5.41, 5.74) is 0.472. The molecule has 1 aliphatic rings. The van der Waals surface area contributed by atoms with Crippen LogP contribution in [0.5, 0.6) is 0 Å². The SMILES string of the molecule is COCCNc1nc(C2CCC(C)(C)CC2)no1. The number of hydrogen-bond donors (Lipinski definition) is 1. The lowest BCUT2D eigenvalue weighted by Crippen LogP contribution is -2.20. The Kier molecular flexibility index (Phi) is 4.22. The second kappa shape index (κ2) is 5.69. The van der Waals surface area contributed by atoms with Gasteiger partial charge in [-0.25, -0.2) is 0 Å². The van der Waals surface area contributed by atoms with Crippen molar-refractivity contribution in [2.24, 2.45) is 5.41 Å². The standard InChI is InChI=1S/C13H23N3O2/c1-13(2)6-4-10(5-7-13)11-15-12(18-16-11)14-8-9-17-3/h10H,4-9H2,1-3H3,(H,14,15,16). The van der Waals surface area contributed by atoms with Crippen LogP contribution in [0.25, 0.3) is 0 Å². The van der Waals surface area contributed by atoms with Crippen molar-refractivity contribution < 1.29 is 9.26 Å². The van der Waals surface area contributed by atoms with Crippen LogP contribution in [0.1, 0.15) is 51.3 Å². The normalized spacial score (nSPS) is 19.9. The summed E-state index contributed by atoms with van der Waals surface area (Å²) in [7, 11) is 1.67. The molecule has 1 aromatic heterocycles. The lowest BCUT2D eigenvalue weighted by Gasteiger charge is -2.32. The van der Waals surface area contributed by atoms with Gasteiger partial charge in [0.15, 0.2) is 5.82 Å². The highest BCUT2D eigenvalue weighted by Crippen LogP contribution is 2.41. The average molecular weight is 253 g/mol. The molecule has 0 amide bonds. The van der Waals surface area contributed by atoms with E-state index in [1.165, 1.54) is 12.8 Å². The first-order valence-corrected chi connectivity index (χ1v) is 6.67. The van der Waals surface area contributed by atoms with E-state index in [1.807, 2.05) is 0 Å². The summed E-state index contributed by atoms with van der Waals surface area (Å²) in [6.45, 7) is 5.99. The van der Waals surface area contributed by atoms with Crippen molar-refractivity contribution in [1.82, 2.24) is 10.1 Å². The van der Waals surface area contributed by atoms with Crippen molar-refractivity contribution in [3.63, 3.8) is 0 Å². The first-order chi connectivity index (χ1) is 8.61. The molecule has 0 spiro atoms. The van der Waals surface area contributed by atoms with Crippen LogP contribution in [0.15, 0.2) is 4.52 Å². The average Bonchev–Trinajstić information content (AvgIpc) is 2.78. The molecule has 0 atom stereocenters. The molecular formula is C13H23N3O2. The third-order valence-electron chi connectivity index (χ3n) is 3.73. The molecule has 5 heteroatoms. The minimum Gasteiger partial charge on any atom is -0.383 e. The minimum atomic E-state index is 0.458. The van der Waals surface area contributed by atoms with E-state index in [0.717, 1.165) is 18.7 Å². The van der Waals surface area contributed by atoms with Gasteiger partial charge in [0.05, 0.1) is 6.61 Å². The van der Waals surface area contributed by atoms with E-state index in [4.69, 9.17) is 9.26 Å². The number of aromatic nitrogens is 2. The van der Waals surface area contributed by atoms with E-state index in [0.29, 0.717) is 30.5 Å². The molecule has 5 nitrogen and oxygen atoms in total. The number of ether oxygens (including phenoxy) is 1. The largest absolute Gasteiger partial charge is 0.383 e. The third-order valence-corrected chi connectivity index (χ3v) is 3.73. The van der Waals surface area contributed by atoms with E-state index in [9.17, 15) is 0 Å². The zero-order valence-corrected chi connectivity index (χ0v) is 11.5. The fourth-order valence-corrected chi connectivity index (χ4v) is 2.39. The van der Waals surface area contributed by atoms with Crippen molar-refractivity contribution in [1.29, 1.82) is 0 Å². The first kappa shape index (κ1) is 13.3. The van der Waals surface area contributed by atoms with Crippen molar-refractivity contribution in [3.8, 4) is 0 Å². The monoisotopic (exact) mass is 253 g/mol. The second-order valence-corrected chi connectivity index (χ2v) is 5.82. The summed E-state index contributed by atoms with van der Waals surface area (Å²) < 4.78 is 10.1. The lowest BCUT2D eigenvalue weighted by molar-refractivity contribution is 0.210. The number of methoxy groups -OCH3 is 1. The van der Waals surface area contributed by atoms with Crippen LogP contribution in [0.4, 0.5) is 6.01 Å². The molecule has 1 aliphatic carbocycles. The summed E-state index contributed by atoms with van der Waals surface area (Å²) in [6, 6.07) is 0.506. The topological polar surface area (TPSA) is 60.2 Å². The van der Waals surface area contributed by atoms with Crippen molar-refractivity contribution in [2.45, 2.75) is 45.4 Å². The molecule has 102 valence electrons. The zero-order valence-electron chi connectivity index (χ0n) is 11.5. The number of nitrogens with zero attached hydrogens (tertiary/aromatic N) is 2. The van der Waals surface area contributed by atoms with E-state index < -0.39 is 0 Å². The molecular weight excluding hydrogens is 230 g/mol. The summed E-state index contributed by atoms with van der Waals surface area (Å²) in [6.07, 6.45) is 4.78. The van der Waals surface area contributed by atoms with E-state index in [1.54, 1.807) is 7.11 Å². The summed E-state index contributed by atoms with van der Waals surface area (Å²) in [5, 5.41) is 7.13. The third kappa shape index (κ3) is 3.45. The van der Waals surface area contributed by atoms with Crippen LogP contribution < -0.4 is 5.32 Å². The Labute approximate surface area is 108 Å². The lowest BCUT2D eigenvalue weighted by atomic mass is 9.73. The molecule has 0 aliphatic heterocycles. The predicted molar refractivity (Wildman–Crippen MR) is 69.7 cm³/mol. The highest BCUT2D eigenvalue weighted by molar-refractivity contribution is 5.19. The van der Waals surface area contributed by atoms with Crippen molar-refractivity contribution in [2.75, 3.05) is 25.6 Å². The second-order valence-electron chi connectivity index (χ2n) is 5.82. The van der Waals surface area contributed by atoms with Crippen LogP contribution in [-0.4, -0.2) is 30.4 Å². The van der Waals surface area contributed by atoms with Crippen LogP contribution in [0.2, 0.25) is 0 Å². The first-order valence-electron chi connectivity index (χ1n) is 6.67. The van der Waals surface area contributed by atoms with Gasteiger partial charge in [0.2, 0.25) is 0 Å². The molecule has 2 rings (SSSR count). The molecule has 0 unspecified atom stereocenters. The van der Waals surface area contributed by atoms with Crippen LogP contribution in [0.3, 0.4) is 0 Å². The number of nitrogens with one attached hydrogen (secondary N) is 1. The van der Waals surface area contributed by atoms with Crippen LogP contribution in [0, 0.1) is 5.41 Å². The van der Waals surface area contributed by atoms with Crippen LogP contribution in [-0.2, 0) is 4.74 Å². The van der Waals surface area contributed by atoms with Crippen LogP contribution >= 0.6 is 0 Å². The van der Waals surface area contributed by atoms with Gasteiger partial charge >= 0.3 is 6.01 Å². The molecule has 0 aromatic carbocycles. The Bertz CT molecular complexity index is 366. The van der Waals surface area contributed by atoms with Gasteiger partial charge in [-0.1, -0.05) is 19.0 Å². The molecule has 0 bridgehead atoms. The summed E-state index contributed by atoms with van der Waals surface area (Å²) in [4.78, 5) is 4.41. The van der Waals surface area contributed by atoms with E-state index >= 15 is 0 Å². The van der Waals surface area contributed by atoms with Gasteiger partial charge in [0, 0.05) is 19.6 Å². The molecule has 1 fully saturated rings. The van der Waals surface area contributed by atoms with Gasteiger partial charge in [-0.2, -0.15) is 4.98 Å². The Hall–Kier alpha value is -1.10.